The van der Waals surface area contributed by atoms with Crippen molar-refractivity contribution in [2.24, 2.45) is 0 Å². The lowest BCUT2D eigenvalue weighted by molar-refractivity contribution is -0.144. The third-order valence-corrected chi connectivity index (χ3v) is 3.00. The van der Waals surface area contributed by atoms with Crippen LogP contribution in [0.2, 0.25) is 0 Å². The zero-order valence-corrected chi connectivity index (χ0v) is 14.0. The molecule has 0 aromatic carbocycles. The number of amides is 1. The molecule has 0 aliphatic carbocycles. The Bertz CT molecular complexity index is 456. The largest absolute Gasteiger partial charge is 0.445 e. The molecule has 2 N–H and O–H groups in total. The van der Waals surface area contributed by atoms with Gasteiger partial charge >= 0.3 is 22.2 Å². The van der Waals surface area contributed by atoms with Crippen molar-refractivity contribution in [3.63, 3.8) is 0 Å². The molecule has 0 rings (SSSR count). The van der Waals surface area contributed by atoms with E-state index >= 15 is 0 Å². The Hall–Kier alpha value is -1.00. The number of esters is 1. The van der Waals surface area contributed by atoms with Gasteiger partial charge in [-0.2, -0.15) is 20.2 Å². The van der Waals surface area contributed by atoms with Gasteiger partial charge in [-0.05, 0) is 39.2 Å². The number of alkyl carbamates (subject to hydrolysis) is 1. The molecule has 0 bridgehead atoms. The summed E-state index contributed by atoms with van der Waals surface area (Å²) < 4.78 is 39.1. The van der Waals surface area contributed by atoms with Gasteiger partial charge in [0.25, 0.3) is 0 Å². The maximum Gasteiger partial charge on any atom is 0.408 e. The van der Waals surface area contributed by atoms with Crippen LogP contribution in [0.1, 0.15) is 27.2 Å². The lowest BCUT2D eigenvalue weighted by Crippen LogP contribution is -2.44. The van der Waals surface area contributed by atoms with Crippen molar-refractivity contribution in [2.45, 2.75) is 38.8 Å². The molecule has 0 unspecified atom stereocenters. The highest BCUT2D eigenvalue weighted by Crippen LogP contribution is 2.09. The minimum atomic E-state index is -4.42. The van der Waals surface area contributed by atoms with Gasteiger partial charge in [0.1, 0.15) is 11.6 Å². The lowest BCUT2D eigenvalue weighted by Gasteiger charge is -2.22. The van der Waals surface area contributed by atoms with E-state index in [0.29, 0.717) is 5.75 Å². The van der Waals surface area contributed by atoms with Crippen LogP contribution in [0.15, 0.2) is 0 Å². The van der Waals surface area contributed by atoms with Crippen molar-refractivity contribution in [1.29, 1.82) is 0 Å². The molecular weight excluding hydrogens is 322 g/mol. The van der Waals surface area contributed by atoms with E-state index < -0.39 is 39.8 Å². The first-order chi connectivity index (χ1) is 9.44. The molecule has 0 radical (unpaired) electrons. The monoisotopic (exact) mass is 343 g/mol. The molecular formula is C11H21NO7S2. The zero-order valence-electron chi connectivity index (χ0n) is 12.4. The molecule has 0 aromatic rings. The van der Waals surface area contributed by atoms with Crippen molar-refractivity contribution in [2.75, 3.05) is 17.9 Å². The van der Waals surface area contributed by atoms with E-state index in [0.717, 1.165) is 0 Å². The smallest absolute Gasteiger partial charge is 0.408 e. The third kappa shape index (κ3) is 11.3. The first-order valence-corrected chi connectivity index (χ1v) is 9.05. The summed E-state index contributed by atoms with van der Waals surface area (Å²) in [5.41, 5.74) is -0.730. The molecule has 1 atom stereocenters. The van der Waals surface area contributed by atoms with E-state index in [1.165, 1.54) is 11.8 Å². The summed E-state index contributed by atoms with van der Waals surface area (Å²) in [6.45, 7) is 5.00. The quantitative estimate of drug-likeness (QED) is 0.519. The van der Waals surface area contributed by atoms with E-state index in [-0.39, 0.29) is 6.42 Å². The van der Waals surface area contributed by atoms with E-state index in [2.05, 4.69) is 10.1 Å². The molecule has 0 aliphatic heterocycles. The number of nitrogens with one attached hydrogen (secondary N) is 1. The van der Waals surface area contributed by atoms with Crippen LogP contribution < -0.4 is 5.32 Å². The minimum absolute atomic E-state index is 0.241. The second-order valence-corrected chi connectivity index (χ2v) is 7.53. The molecule has 10 heteroatoms. The summed E-state index contributed by atoms with van der Waals surface area (Å²) >= 11 is 1.44. The second kappa shape index (κ2) is 8.44. The Morgan fingerprint density at radius 3 is 2.33 bits per heavy atom. The van der Waals surface area contributed by atoms with Gasteiger partial charge in [0.15, 0.2) is 0 Å². The van der Waals surface area contributed by atoms with Crippen LogP contribution in [0.25, 0.3) is 0 Å². The van der Waals surface area contributed by atoms with Crippen molar-refractivity contribution in [3.8, 4) is 0 Å². The van der Waals surface area contributed by atoms with Gasteiger partial charge in [-0.15, -0.1) is 0 Å². The van der Waals surface area contributed by atoms with Crippen LogP contribution >= 0.6 is 11.8 Å². The first kappa shape index (κ1) is 20.0. The highest BCUT2D eigenvalue weighted by atomic mass is 32.2. The third-order valence-electron chi connectivity index (χ3n) is 1.94. The van der Waals surface area contributed by atoms with Gasteiger partial charge in [-0.25, -0.2) is 9.59 Å². The first-order valence-electron chi connectivity index (χ1n) is 6.05. The molecule has 0 aromatic heterocycles. The fourth-order valence-corrected chi connectivity index (χ4v) is 1.90. The molecule has 124 valence electrons. The van der Waals surface area contributed by atoms with Crippen LogP contribution in [0.3, 0.4) is 0 Å². The normalized spacial score (nSPS) is 13.4. The number of carbonyl (C=O) groups is 2. The van der Waals surface area contributed by atoms with Crippen molar-refractivity contribution >= 4 is 33.9 Å². The number of carbonyl (C=O) groups excluding carboxylic acids is 2. The summed E-state index contributed by atoms with van der Waals surface area (Å²) in [6, 6.07) is -1.05. The van der Waals surface area contributed by atoms with E-state index in [9.17, 15) is 18.0 Å². The SMILES string of the molecule is CSCC[C@H](NC(=O)OC(C)(C)C)C(=O)OCS(=O)(=O)O. The fourth-order valence-electron chi connectivity index (χ4n) is 1.17. The van der Waals surface area contributed by atoms with Gasteiger partial charge in [-0.1, -0.05) is 0 Å². The predicted octanol–water partition coefficient (Wildman–Crippen LogP) is 1.02. The highest BCUT2D eigenvalue weighted by molar-refractivity contribution is 7.98. The Morgan fingerprint density at radius 2 is 1.90 bits per heavy atom. The standard InChI is InChI=1S/C11H21NO7S2/c1-11(2,3)19-10(14)12-8(5-6-20-4)9(13)18-7-21(15,16)17/h8H,5-7H2,1-4H3,(H,12,14)(H,15,16,17)/t8-/m0/s1. The molecule has 0 aliphatic rings. The molecule has 0 heterocycles. The molecule has 21 heavy (non-hydrogen) atoms. The minimum Gasteiger partial charge on any atom is -0.445 e. The molecule has 0 fully saturated rings. The number of rotatable bonds is 7. The van der Waals surface area contributed by atoms with Crippen LogP contribution in [0.4, 0.5) is 4.79 Å². The Labute approximate surface area is 128 Å². The Morgan fingerprint density at radius 1 is 1.33 bits per heavy atom. The van der Waals surface area contributed by atoms with Crippen molar-refractivity contribution in [1.82, 2.24) is 5.32 Å². The Kier molecular flexibility index (Phi) is 8.04. The number of hydrogen-bond donors (Lipinski definition) is 2. The van der Waals surface area contributed by atoms with Crippen LogP contribution in [-0.2, 0) is 24.4 Å². The summed E-state index contributed by atoms with van der Waals surface area (Å²) in [5.74, 6) is -1.56. The number of thioether (sulfide) groups is 1. The lowest BCUT2D eigenvalue weighted by atomic mass is 10.2. The van der Waals surface area contributed by atoms with Crippen molar-refractivity contribution < 1.29 is 32.0 Å². The van der Waals surface area contributed by atoms with Gasteiger partial charge in [0.2, 0.25) is 5.94 Å². The van der Waals surface area contributed by atoms with E-state index in [4.69, 9.17) is 9.29 Å². The average Bonchev–Trinajstić information content (AvgIpc) is 2.28. The van der Waals surface area contributed by atoms with Crippen LogP contribution in [-0.4, -0.2) is 54.6 Å². The van der Waals surface area contributed by atoms with Gasteiger partial charge < -0.3 is 14.8 Å². The summed E-state index contributed by atoms with van der Waals surface area (Å²) in [7, 11) is -4.42. The van der Waals surface area contributed by atoms with Crippen molar-refractivity contribution in [3.05, 3.63) is 0 Å². The average molecular weight is 343 g/mol. The fraction of sp³-hybridized carbons (Fsp3) is 0.818. The molecule has 8 nitrogen and oxygen atoms in total. The number of ether oxygens (including phenoxy) is 2. The van der Waals surface area contributed by atoms with Crippen LogP contribution in [0, 0.1) is 0 Å². The topological polar surface area (TPSA) is 119 Å². The predicted molar refractivity (Wildman–Crippen MR) is 78.7 cm³/mol. The van der Waals surface area contributed by atoms with E-state index in [1.807, 2.05) is 6.26 Å². The maximum absolute atomic E-state index is 11.7. The van der Waals surface area contributed by atoms with E-state index in [1.54, 1.807) is 20.8 Å². The molecule has 0 saturated heterocycles. The summed E-state index contributed by atoms with van der Waals surface area (Å²) in [4.78, 5) is 23.3. The van der Waals surface area contributed by atoms with Gasteiger partial charge in [0.05, 0.1) is 0 Å². The maximum atomic E-state index is 11.7. The summed E-state index contributed by atoms with van der Waals surface area (Å²) in [6.07, 6.45) is 1.25. The summed E-state index contributed by atoms with van der Waals surface area (Å²) in [5, 5.41) is 2.32. The Balaban J connectivity index is 4.63. The second-order valence-electron chi connectivity index (χ2n) is 5.14. The molecule has 1 amide bonds. The molecule has 0 saturated carbocycles. The number of hydrogen-bond acceptors (Lipinski definition) is 7. The van der Waals surface area contributed by atoms with Crippen LogP contribution in [0.5, 0.6) is 0 Å². The highest BCUT2D eigenvalue weighted by Gasteiger charge is 2.26. The van der Waals surface area contributed by atoms with Gasteiger partial charge in [0, 0.05) is 0 Å². The van der Waals surface area contributed by atoms with Gasteiger partial charge in [-0.3, -0.25) is 4.55 Å². The zero-order chi connectivity index (χ0) is 16.7. The molecule has 0 spiro atoms.